The number of hydrogen-bond acceptors (Lipinski definition) is 3. The Morgan fingerprint density at radius 2 is 1.94 bits per heavy atom. The maximum Gasteiger partial charge on any atom is 0.338 e. The van der Waals surface area contributed by atoms with Crippen molar-refractivity contribution >= 4 is 18.1 Å². The lowest BCUT2D eigenvalue weighted by Crippen LogP contribution is -2.06. The molecule has 1 rings (SSSR count). The quantitative estimate of drug-likeness (QED) is 0.438. The van der Waals surface area contributed by atoms with Gasteiger partial charge in [-0.2, -0.15) is 0 Å². The van der Waals surface area contributed by atoms with Crippen molar-refractivity contribution in [1.82, 2.24) is 0 Å². The van der Waals surface area contributed by atoms with Gasteiger partial charge in [0.1, 0.15) is 0 Å². The molecule has 0 bridgehead atoms. The van der Waals surface area contributed by atoms with E-state index in [1.165, 1.54) is 12.8 Å². The lowest BCUT2D eigenvalue weighted by molar-refractivity contribution is -0.105. The molecule has 0 atom stereocenters. The molecule has 98 valence electrons. The largest absolute Gasteiger partial charge is 0.462 e. The third-order valence-electron chi connectivity index (χ3n) is 2.58. The van der Waals surface area contributed by atoms with E-state index in [0.29, 0.717) is 24.3 Å². The molecule has 0 aliphatic rings. The monoisotopic (exact) mass is 249 g/mol. The van der Waals surface area contributed by atoms with Crippen molar-refractivity contribution in [2.24, 2.45) is 0 Å². The Labute approximate surface area is 107 Å². The number of rotatable bonds is 8. The van der Waals surface area contributed by atoms with Crippen LogP contribution in [-0.4, -0.2) is 19.0 Å². The van der Waals surface area contributed by atoms with Crippen molar-refractivity contribution in [3.05, 3.63) is 29.8 Å². The standard InChI is InChI=1S/C14H19NO3/c1-2-3-4-5-10-18-14(17)12-6-8-13(9-7-12)15-11-16/h6-9,11H,2-5,10H2,1H3,(H,15,16). The van der Waals surface area contributed by atoms with Crippen LogP contribution in [0.5, 0.6) is 0 Å². The third kappa shape index (κ3) is 4.99. The molecule has 0 aliphatic heterocycles. The molecule has 0 aliphatic carbocycles. The van der Waals surface area contributed by atoms with Gasteiger partial charge >= 0.3 is 5.97 Å². The van der Waals surface area contributed by atoms with Crippen LogP contribution >= 0.6 is 0 Å². The minimum absolute atomic E-state index is 0.316. The number of esters is 1. The van der Waals surface area contributed by atoms with Crippen molar-refractivity contribution in [2.45, 2.75) is 32.6 Å². The first-order chi connectivity index (χ1) is 8.77. The predicted octanol–water partition coefficient (Wildman–Crippen LogP) is 2.99. The van der Waals surface area contributed by atoms with E-state index in [2.05, 4.69) is 12.2 Å². The lowest BCUT2D eigenvalue weighted by Gasteiger charge is -2.05. The van der Waals surface area contributed by atoms with Gasteiger partial charge in [-0.25, -0.2) is 4.79 Å². The summed E-state index contributed by atoms with van der Waals surface area (Å²) in [5.74, 6) is -0.316. The summed E-state index contributed by atoms with van der Waals surface area (Å²) < 4.78 is 5.15. The van der Waals surface area contributed by atoms with Gasteiger partial charge in [-0.1, -0.05) is 26.2 Å². The summed E-state index contributed by atoms with van der Waals surface area (Å²) in [5, 5.41) is 2.51. The number of ether oxygens (including phenoxy) is 1. The van der Waals surface area contributed by atoms with Gasteiger partial charge in [-0.3, -0.25) is 4.79 Å². The van der Waals surface area contributed by atoms with Gasteiger partial charge in [0.15, 0.2) is 0 Å². The summed E-state index contributed by atoms with van der Waals surface area (Å²) in [6, 6.07) is 6.62. The number of nitrogens with one attached hydrogen (secondary N) is 1. The number of amides is 1. The Kier molecular flexibility index (Phi) is 6.54. The summed E-state index contributed by atoms with van der Waals surface area (Å²) in [6.07, 6.45) is 4.93. The Morgan fingerprint density at radius 3 is 2.56 bits per heavy atom. The van der Waals surface area contributed by atoms with Crippen LogP contribution in [0.1, 0.15) is 43.0 Å². The van der Waals surface area contributed by atoms with E-state index in [0.717, 1.165) is 12.8 Å². The van der Waals surface area contributed by atoms with E-state index < -0.39 is 0 Å². The van der Waals surface area contributed by atoms with E-state index in [9.17, 15) is 9.59 Å². The highest BCUT2D eigenvalue weighted by Crippen LogP contribution is 2.10. The van der Waals surface area contributed by atoms with E-state index in [1.807, 2.05) is 0 Å². The lowest BCUT2D eigenvalue weighted by atomic mass is 10.2. The number of benzene rings is 1. The van der Waals surface area contributed by atoms with Crippen LogP contribution in [0.4, 0.5) is 5.69 Å². The van der Waals surface area contributed by atoms with Crippen LogP contribution in [0.25, 0.3) is 0 Å². The van der Waals surface area contributed by atoms with Gasteiger partial charge < -0.3 is 10.1 Å². The molecule has 1 N–H and O–H groups in total. The predicted molar refractivity (Wildman–Crippen MR) is 70.6 cm³/mol. The number of anilines is 1. The van der Waals surface area contributed by atoms with Gasteiger partial charge in [-0.05, 0) is 30.7 Å². The highest BCUT2D eigenvalue weighted by atomic mass is 16.5. The molecule has 0 radical (unpaired) electrons. The molecule has 0 spiro atoms. The zero-order chi connectivity index (χ0) is 13.2. The van der Waals surface area contributed by atoms with E-state index in [4.69, 9.17) is 4.74 Å². The van der Waals surface area contributed by atoms with E-state index in [1.54, 1.807) is 24.3 Å². The molecule has 0 unspecified atom stereocenters. The fraction of sp³-hybridized carbons (Fsp3) is 0.429. The Hall–Kier alpha value is -1.84. The van der Waals surface area contributed by atoms with Crippen molar-refractivity contribution in [3.63, 3.8) is 0 Å². The molecule has 0 saturated carbocycles. The molecule has 1 aromatic carbocycles. The summed E-state index contributed by atoms with van der Waals surface area (Å²) in [5.41, 5.74) is 1.16. The number of carbonyl (C=O) groups is 2. The second-order valence-corrected chi connectivity index (χ2v) is 4.04. The van der Waals surface area contributed by atoms with Gasteiger partial charge in [0.25, 0.3) is 0 Å². The molecule has 4 nitrogen and oxygen atoms in total. The molecule has 18 heavy (non-hydrogen) atoms. The van der Waals surface area contributed by atoms with E-state index in [-0.39, 0.29) is 5.97 Å². The molecule has 1 aromatic rings. The maximum absolute atomic E-state index is 11.6. The van der Waals surface area contributed by atoms with Gasteiger partial charge in [0, 0.05) is 5.69 Å². The van der Waals surface area contributed by atoms with Gasteiger partial charge in [0.2, 0.25) is 6.41 Å². The van der Waals surface area contributed by atoms with Crippen LogP contribution in [0.3, 0.4) is 0 Å². The topological polar surface area (TPSA) is 55.4 Å². The summed E-state index contributed by atoms with van der Waals surface area (Å²) in [4.78, 5) is 21.9. The fourth-order valence-electron chi connectivity index (χ4n) is 1.55. The first-order valence-electron chi connectivity index (χ1n) is 6.25. The first kappa shape index (κ1) is 14.2. The smallest absolute Gasteiger partial charge is 0.338 e. The number of unbranched alkanes of at least 4 members (excludes halogenated alkanes) is 3. The minimum Gasteiger partial charge on any atom is -0.462 e. The normalized spacial score (nSPS) is 9.83. The van der Waals surface area contributed by atoms with Crippen molar-refractivity contribution in [3.8, 4) is 0 Å². The SMILES string of the molecule is CCCCCCOC(=O)c1ccc(NC=O)cc1. The van der Waals surface area contributed by atoms with E-state index >= 15 is 0 Å². The minimum atomic E-state index is -0.316. The molecular formula is C14H19NO3. The molecule has 0 fully saturated rings. The highest BCUT2D eigenvalue weighted by Gasteiger charge is 2.06. The third-order valence-corrected chi connectivity index (χ3v) is 2.58. The Bertz CT molecular complexity index is 373. The van der Waals surface area contributed by atoms with Crippen LogP contribution < -0.4 is 5.32 Å². The van der Waals surface area contributed by atoms with Crippen molar-refractivity contribution in [1.29, 1.82) is 0 Å². The van der Waals surface area contributed by atoms with Crippen molar-refractivity contribution < 1.29 is 14.3 Å². The van der Waals surface area contributed by atoms with Crippen LogP contribution in [-0.2, 0) is 9.53 Å². The zero-order valence-corrected chi connectivity index (χ0v) is 10.6. The van der Waals surface area contributed by atoms with Crippen molar-refractivity contribution in [2.75, 3.05) is 11.9 Å². The fourth-order valence-corrected chi connectivity index (χ4v) is 1.55. The second-order valence-electron chi connectivity index (χ2n) is 4.04. The summed E-state index contributed by atoms with van der Waals surface area (Å²) in [7, 11) is 0. The Morgan fingerprint density at radius 1 is 1.22 bits per heavy atom. The number of carbonyl (C=O) groups excluding carboxylic acids is 2. The first-order valence-corrected chi connectivity index (χ1v) is 6.25. The second kappa shape index (κ2) is 8.28. The zero-order valence-electron chi connectivity index (χ0n) is 10.6. The number of hydrogen-bond donors (Lipinski definition) is 1. The Balaban J connectivity index is 2.34. The maximum atomic E-state index is 11.6. The molecule has 0 aromatic heterocycles. The summed E-state index contributed by atoms with van der Waals surface area (Å²) >= 11 is 0. The summed E-state index contributed by atoms with van der Waals surface area (Å²) in [6.45, 7) is 2.61. The average Bonchev–Trinajstić information content (AvgIpc) is 2.39. The van der Waals surface area contributed by atoms with Crippen LogP contribution in [0, 0.1) is 0 Å². The van der Waals surface area contributed by atoms with Gasteiger partial charge in [-0.15, -0.1) is 0 Å². The van der Waals surface area contributed by atoms with Crippen LogP contribution in [0.2, 0.25) is 0 Å². The molecule has 0 saturated heterocycles. The van der Waals surface area contributed by atoms with Gasteiger partial charge in [0.05, 0.1) is 12.2 Å². The highest BCUT2D eigenvalue weighted by molar-refractivity contribution is 5.90. The van der Waals surface area contributed by atoms with Crippen LogP contribution in [0.15, 0.2) is 24.3 Å². The molecule has 0 heterocycles. The molecule has 4 heteroatoms. The average molecular weight is 249 g/mol. The molecule has 1 amide bonds. The molecular weight excluding hydrogens is 230 g/mol.